The van der Waals surface area contributed by atoms with E-state index in [4.69, 9.17) is 45.9 Å². The van der Waals surface area contributed by atoms with Crippen LogP contribution < -0.4 is 45.9 Å². The minimum Gasteiger partial charge on any atom is -0.397 e. The molecule has 0 aliphatic rings. The van der Waals surface area contributed by atoms with E-state index in [2.05, 4.69) is 0 Å². The van der Waals surface area contributed by atoms with Crippen molar-refractivity contribution in [2.45, 2.75) is 9.79 Å². The van der Waals surface area contributed by atoms with Gasteiger partial charge in [0, 0.05) is 0 Å². The van der Waals surface area contributed by atoms with Crippen LogP contribution in [-0.4, -0.2) is 8.42 Å². The normalized spacial score (nSPS) is 11.5. The Morgan fingerprint density at radius 1 is 0.522 bits per heavy atom. The maximum atomic E-state index is 12.8. The van der Waals surface area contributed by atoms with Gasteiger partial charge >= 0.3 is 0 Å². The van der Waals surface area contributed by atoms with Crippen LogP contribution >= 0.6 is 0 Å². The zero-order valence-electron chi connectivity index (χ0n) is 12.0. The second-order valence-electron chi connectivity index (χ2n) is 4.91. The molecule has 0 heterocycles. The van der Waals surface area contributed by atoms with Gasteiger partial charge in [-0.2, -0.15) is 0 Å². The highest BCUT2D eigenvalue weighted by Crippen LogP contribution is 2.41. The van der Waals surface area contributed by atoms with E-state index < -0.39 is 9.84 Å². The largest absolute Gasteiger partial charge is 0.397 e. The van der Waals surface area contributed by atoms with Crippen LogP contribution in [0.5, 0.6) is 0 Å². The number of hydrogen-bond donors (Lipinski definition) is 8. The van der Waals surface area contributed by atoms with Crippen molar-refractivity contribution in [2.24, 2.45) is 0 Å². The second-order valence-corrected chi connectivity index (χ2v) is 6.80. The Balaban J connectivity index is 2.85. The molecule has 0 aliphatic carbocycles. The molecule has 2 rings (SSSR count). The fourth-order valence-electron chi connectivity index (χ4n) is 2.02. The molecule has 0 spiro atoms. The molecule has 0 fully saturated rings. The SMILES string of the molecule is Nc1cc(S(=O)(=O)c2cc(N)c(N)c(N)c2N)c(N)c(N)c1N. The fraction of sp³-hybridized carbons (Fsp3) is 0. The van der Waals surface area contributed by atoms with Crippen molar-refractivity contribution in [3.05, 3.63) is 12.1 Å². The molecule has 0 bridgehead atoms. The summed E-state index contributed by atoms with van der Waals surface area (Å²) in [6.45, 7) is 0. The highest BCUT2D eigenvalue weighted by molar-refractivity contribution is 7.91. The number of hydrogen-bond acceptors (Lipinski definition) is 10. The quantitative estimate of drug-likeness (QED) is 0.316. The monoisotopic (exact) mass is 338 g/mol. The van der Waals surface area contributed by atoms with Gasteiger partial charge in [0.25, 0.3) is 0 Å². The van der Waals surface area contributed by atoms with E-state index in [1.54, 1.807) is 0 Å². The van der Waals surface area contributed by atoms with Crippen molar-refractivity contribution in [2.75, 3.05) is 45.9 Å². The van der Waals surface area contributed by atoms with E-state index in [0.717, 1.165) is 12.1 Å². The third-order valence-corrected chi connectivity index (χ3v) is 5.30. The molecule has 16 N–H and O–H groups in total. The van der Waals surface area contributed by atoms with Crippen molar-refractivity contribution >= 4 is 55.3 Å². The number of sulfone groups is 1. The standard InChI is InChI=1S/C12H18N8O2S/c13-3-1-5(9(17)11(19)7(3)15)23(21,22)6-2-4(14)8(16)12(20)10(6)18/h1-2H,13-20H2. The zero-order valence-corrected chi connectivity index (χ0v) is 12.8. The van der Waals surface area contributed by atoms with Gasteiger partial charge in [0.2, 0.25) is 9.84 Å². The van der Waals surface area contributed by atoms with Crippen LogP contribution in [0.3, 0.4) is 0 Å². The predicted octanol–water partition coefficient (Wildman–Crippen LogP) is -0.823. The average Bonchev–Trinajstić information content (AvgIpc) is 2.49. The zero-order chi connectivity index (χ0) is 17.7. The van der Waals surface area contributed by atoms with E-state index in [0.29, 0.717) is 0 Å². The minimum atomic E-state index is -4.20. The smallest absolute Gasteiger partial charge is 0.210 e. The summed E-state index contributed by atoms with van der Waals surface area (Å²) in [6.07, 6.45) is 0. The van der Waals surface area contributed by atoms with Gasteiger partial charge in [0.05, 0.1) is 55.3 Å². The van der Waals surface area contributed by atoms with Gasteiger partial charge in [0.15, 0.2) is 0 Å². The van der Waals surface area contributed by atoms with Gasteiger partial charge in [-0.1, -0.05) is 0 Å². The van der Waals surface area contributed by atoms with Crippen molar-refractivity contribution < 1.29 is 8.42 Å². The third kappa shape index (κ3) is 2.23. The van der Waals surface area contributed by atoms with E-state index in [1.165, 1.54) is 0 Å². The Hall–Kier alpha value is -3.21. The molecular weight excluding hydrogens is 320 g/mol. The minimum absolute atomic E-state index is 0.00856. The number of nitrogens with two attached hydrogens (primary N) is 8. The summed E-state index contributed by atoms with van der Waals surface area (Å²) in [4.78, 5) is -0.700. The van der Waals surface area contributed by atoms with Crippen molar-refractivity contribution in [1.82, 2.24) is 0 Å². The second kappa shape index (κ2) is 4.91. The molecule has 0 saturated heterocycles. The molecule has 0 amide bonds. The van der Waals surface area contributed by atoms with E-state index in [-0.39, 0.29) is 55.3 Å². The molecule has 0 aromatic heterocycles. The average molecular weight is 338 g/mol. The van der Waals surface area contributed by atoms with Crippen LogP contribution in [0.25, 0.3) is 0 Å². The van der Waals surface area contributed by atoms with Crippen molar-refractivity contribution in [1.29, 1.82) is 0 Å². The highest BCUT2D eigenvalue weighted by atomic mass is 32.2. The summed E-state index contributed by atoms with van der Waals surface area (Å²) in [5.41, 5.74) is 44.6. The van der Waals surface area contributed by atoms with Crippen molar-refractivity contribution in [3.8, 4) is 0 Å². The highest BCUT2D eigenvalue weighted by Gasteiger charge is 2.28. The first-order valence-corrected chi connectivity index (χ1v) is 7.69. The van der Waals surface area contributed by atoms with Crippen molar-refractivity contribution in [3.63, 3.8) is 0 Å². The lowest BCUT2D eigenvalue weighted by atomic mass is 10.2. The lowest BCUT2D eigenvalue weighted by Gasteiger charge is -2.16. The molecule has 0 radical (unpaired) electrons. The number of rotatable bonds is 2. The Kier molecular flexibility index (Phi) is 3.45. The first-order valence-electron chi connectivity index (χ1n) is 6.21. The first kappa shape index (κ1) is 16.2. The van der Waals surface area contributed by atoms with Gasteiger partial charge in [-0.3, -0.25) is 0 Å². The van der Waals surface area contributed by atoms with Crippen LogP contribution in [-0.2, 0) is 9.84 Å². The summed E-state index contributed by atoms with van der Waals surface area (Å²) in [7, 11) is -4.20. The maximum Gasteiger partial charge on any atom is 0.210 e. The van der Waals surface area contributed by atoms with Gasteiger partial charge in [-0.25, -0.2) is 8.42 Å². The van der Waals surface area contributed by atoms with Gasteiger partial charge in [-0.05, 0) is 12.1 Å². The summed E-state index contributed by atoms with van der Waals surface area (Å²) < 4.78 is 25.7. The van der Waals surface area contributed by atoms with Gasteiger partial charge in [-0.15, -0.1) is 0 Å². The summed E-state index contributed by atoms with van der Waals surface area (Å²) >= 11 is 0. The molecule has 11 heteroatoms. The Bertz CT molecular complexity index is 854. The molecule has 124 valence electrons. The lowest BCUT2D eigenvalue weighted by molar-refractivity contribution is 0.597. The molecule has 2 aromatic carbocycles. The fourth-order valence-corrected chi connectivity index (χ4v) is 3.62. The van der Waals surface area contributed by atoms with Crippen LogP contribution in [0.1, 0.15) is 0 Å². The summed E-state index contributed by atoms with van der Waals surface area (Å²) in [5, 5.41) is 0. The molecule has 2 aromatic rings. The van der Waals surface area contributed by atoms with Crippen LogP contribution in [0.15, 0.2) is 21.9 Å². The molecule has 0 unspecified atom stereocenters. The molecular formula is C12H18N8O2S. The van der Waals surface area contributed by atoms with Crippen LogP contribution in [0, 0.1) is 0 Å². The molecule has 0 atom stereocenters. The summed E-state index contributed by atoms with van der Waals surface area (Å²) in [5.74, 6) is 0. The van der Waals surface area contributed by atoms with E-state index in [9.17, 15) is 8.42 Å². The van der Waals surface area contributed by atoms with Gasteiger partial charge < -0.3 is 45.9 Å². The molecule has 0 aliphatic heterocycles. The third-order valence-electron chi connectivity index (χ3n) is 3.47. The Morgan fingerprint density at radius 2 is 0.826 bits per heavy atom. The summed E-state index contributed by atoms with van der Waals surface area (Å²) in [6, 6.07) is 2.19. The predicted molar refractivity (Wildman–Crippen MR) is 93.6 cm³/mol. The lowest BCUT2D eigenvalue weighted by Crippen LogP contribution is -2.14. The Labute approximate surface area is 132 Å². The van der Waals surface area contributed by atoms with Crippen LogP contribution in [0.4, 0.5) is 45.5 Å². The molecule has 23 heavy (non-hydrogen) atoms. The maximum absolute atomic E-state index is 12.8. The number of nitrogen functional groups attached to an aromatic ring is 8. The number of benzene rings is 2. The Morgan fingerprint density at radius 3 is 1.13 bits per heavy atom. The van der Waals surface area contributed by atoms with Gasteiger partial charge in [0.1, 0.15) is 0 Å². The van der Waals surface area contributed by atoms with Crippen LogP contribution in [0.2, 0.25) is 0 Å². The topological polar surface area (TPSA) is 242 Å². The molecule has 10 nitrogen and oxygen atoms in total. The van der Waals surface area contributed by atoms with E-state index >= 15 is 0 Å². The number of anilines is 8. The molecule has 0 saturated carbocycles. The van der Waals surface area contributed by atoms with E-state index in [1.807, 2.05) is 0 Å². The first-order chi connectivity index (χ1) is 10.5.